The van der Waals surface area contributed by atoms with E-state index in [2.05, 4.69) is 9.88 Å². The summed E-state index contributed by atoms with van der Waals surface area (Å²) in [4.78, 5) is 12.1. The molecule has 0 bridgehead atoms. The molecule has 106 valence electrons. The molecule has 1 fully saturated rings. The molecular formula is C15H24N2O2. The second-order valence-electron chi connectivity index (χ2n) is 5.54. The lowest BCUT2D eigenvalue weighted by Crippen LogP contribution is -2.32. The van der Waals surface area contributed by atoms with E-state index in [0.717, 1.165) is 29.8 Å². The third-order valence-corrected chi connectivity index (χ3v) is 3.76. The second kappa shape index (κ2) is 5.78. The Kier molecular flexibility index (Phi) is 4.30. The number of aryl methyl sites for hydroxylation is 1. The van der Waals surface area contributed by atoms with Gasteiger partial charge in [0, 0.05) is 24.0 Å². The highest BCUT2D eigenvalue weighted by Crippen LogP contribution is 2.38. The minimum absolute atomic E-state index is 0.0739. The molecular weight excluding hydrogens is 240 g/mol. The van der Waals surface area contributed by atoms with E-state index < -0.39 is 6.10 Å². The van der Waals surface area contributed by atoms with Crippen molar-refractivity contribution < 1.29 is 9.90 Å². The summed E-state index contributed by atoms with van der Waals surface area (Å²) < 4.78 is 2.26. The van der Waals surface area contributed by atoms with E-state index in [9.17, 15) is 9.90 Å². The van der Waals surface area contributed by atoms with Crippen LogP contribution in [-0.4, -0.2) is 28.2 Å². The number of hydrogen-bond acceptors (Lipinski definition) is 2. The van der Waals surface area contributed by atoms with E-state index >= 15 is 0 Å². The zero-order chi connectivity index (χ0) is 14.0. The van der Waals surface area contributed by atoms with Crippen molar-refractivity contribution >= 4 is 5.91 Å². The van der Waals surface area contributed by atoms with Gasteiger partial charge in [0.1, 0.15) is 0 Å². The maximum atomic E-state index is 12.1. The van der Waals surface area contributed by atoms with Crippen molar-refractivity contribution in [3.8, 4) is 0 Å². The standard InChI is InChI=1S/C15H24N2O2/c1-4-5-13(18)9-16-15(19)14-8-10(2)17(11(14)3)12-6-7-12/h8,12-13,18H,4-7,9H2,1-3H3,(H,16,19). The normalized spacial score (nSPS) is 16.4. The predicted octanol–water partition coefficient (Wildman–Crippen LogP) is 2.33. The molecule has 1 unspecified atom stereocenters. The van der Waals surface area contributed by atoms with Gasteiger partial charge in [-0.3, -0.25) is 4.79 Å². The van der Waals surface area contributed by atoms with Crippen LogP contribution < -0.4 is 5.32 Å². The maximum absolute atomic E-state index is 12.1. The first-order valence-corrected chi connectivity index (χ1v) is 7.19. The first kappa shape index (κ1) is 14.1. The number of nitrogens with one attached hydrogen (secondary N) is 1. The molecule has 1 saturated carbocycles. The van der Waals surface area contributed by atoms with Crippen LogP contribution in [0.3, 0.4) is 0 Å². The molecule has 1 aromatic rings. The van der Waals surface area contributed by atoms with E-state index in [1.54, 1.807) is 0 Å². The Balaban J connectivity index is 2.01. The fourth-order valence-corrected chi connectivity index (χ4v) is 2.64. The summed E-state index contributed by atoms with van der Waals surface area (Å²) in [6.45, 7) is 6.41. The van der Waals surface area contributed by atoms with Crippen LogP contribution in [-0.2, 0) is 0 Å². The van der Waals surface area contributed by atoms with Gasteiger partial charge in [-0.25, -0.2) is 0 Å². The summed E-state index contributed by atoms with van der Waals surface area (Å²) in [7, 11) is 0. The smallest absolute Gasteiger partial charge is 0.253 e. The number of carbonyl (C=O) groups is 1. The van der Waals surface area contributed by atoms with Gasteiger partial charge in [0.05, 0.1) is 11.7 Å². The molecule has 1 atom stereocenters. The van der Waals surface area contributed by atoms with Gasteiger partial charge < -0.3 is 15.0 Å². The minimum Gasteiger partial charge on any atom is -0.391 e. The summed E-state index contributed by atoms with van der Waals surface area (Å²) in [6, 6.07) is 2.54. The lowest BCUT2D eigenvalue weighted by molar-refractivity contribution is 0.0909. The lowest BCUT2D eigenvalue weighted by Gasteiger charge is -2.11. The Labute approximate surface area is 114 Å². The van der Waals surface area contributed by atoms with Crippen LogP contribution in [0.2, 0.25) is 0 Å². The molecule has 4 heteroatoms. The van der Waals surface area contributed by atoms with Crippen molar-refractivity contribution in [2.24, 2.45) is 0 Å². The highest BCUT2D eigenvalue weighted by atomic mass is 16.3. The molecule has 0 saturated heterocycles. The van der Waals surface area contributed by atoms with Crippen LogP contribution in [0, 0.1) is 13.8 Å². The minimum atomic E-state index is -0.444. The zero-order valence-electron chi connectivity index (χ0n) is 12.1. The molecule has 0 spiro atoms. The highest BCUT2D eigenvalue weighted by molar-refractivity contribution is 5.95. The van der Waals surface area contributed by atoms with Crippen LogP contribution in [0.1, 0.15) is 60.4 Å². The molecule has 4 nitrogen and oxygen atoms in total. The van der Waals surface area contributed by atoms with Gasteiger partial charge in [-0.15, -0.1) is 0 Å². The van der Waals surface area contributed by atoms with Gasteiger partial charge in [0.2, 0.25) is 0 Å². The molecule has 2 rings (SSSR count). The van der Waals surface area contributed by atoms with E-state index in [1.165, 1.54) is 12.8 Å². The van der Waals surface area contributed by atoms with E-state index in [1.807, 2.05) is 26.8 Å². The number of carbonyl (C=O) groups excluding carboxylic acids is 1. The zero-order valence-corrected chi connectivity index (χ0v) is 12.1. The van der Waals surface area contributed by atoms with Crippen molar-refractivity contribution in [1.82, 2.24) is 9.88 Å². The topological polar surface area (TPSA) is 54.3 Å². The number of aliphatic hydroxyl groups excluding tert-OH is 1. The number of rotatable bonds is 6. The Bertz CT molecular complexity index is 461. The van der Waals surface area contributed by atoms with Gasteiger partial charge >= 0.3 is 0 Å². The fraction of sp³-hybridized carbons (Fsp3) is 0.667. The van der Waals surface area contributed by atoms with Gasteiger partial charge in [-0.05, 0) is 39.2 Å². The average molecular weight is 264 g/mol. The summed E-state index contributed by atoms with van der Waals surface area (Å²) in [5, 5.41) is 12.5. The summed E-state index contributed by atoms with van der Waals surface area (Å²) in [5.41, 5.74) is 2.94. The van der Waals surface area contributed by atoms with Crippen molar-refractivity contribution in [1.29, 1.82) is 0 Å². The maximum Gasteiger partial charge on any atom is 0.253 e. The van der Waals surface area contributed by atoms with Crippen molar-refractivity contribution in [3.63, 3.8) is 0 Å². The highest BCUT2D eigenvalue weighted by Gasteiger charge is 2.28. The Morgan fingerprint density at radius 3 is 2.79 bits per heavy atom. The molecule has 1 aliphatic rings. The van der Waals surface area contributed by atoms with Gasteiger partial charge in [-0.2, -0.15) is 0 Å². The molecule has 1 heterocycles. The molecule has 0 aromatic carbocycles. The van der Waals surface area contributed by atoms with E-state index in [-0.39, 0.29) is 5.91 Å². The fourth-order valence-electron chi connectivity index (χ4n) is 2.64. The van der Waals surface area contributed by atoms with Crippen molar-refractivity contribution in [3.05, 3.63) is 23.0 Å². The molecule has 19 heavy (non-hydrogen) atoms. The molecule has 2 N–H and O–H groups in total. The number of aliphatic hydroxyl groups is 1. The predicted molar refractivity (Wildman–Crippen MR) is 75.4 cm³/mol. The van der Waals surface area contributed by atoms with Crippen LogP contribution >= 0.6 is 0 Å². The third-order valence-electron chi connectivity index (χ3n) is 3.76. The Morgan fingerprint density at radius 2 is 2.21 bits per heavy atom. The third kappa shape index (κ3) is 3.18. The van der Waals surface area contributed by atoms with Crippen LogP contribution in [0.25, 0.3) is 0 Å². The quantitative estimate of drug-likeness (QED) is 0.828. The van der Waals surface area contributed by atoms with Crippen molar-refractivity contribution in [2.45, 2.75) is 58.6 Å². The van der Waals surface area contributed by atoms with E-state index in [4.69, 9.17) is 0 Å². The van der Waals surface area contributed by atoms with Crippen LogP contribution in [0.15, 0.2) is 6.07 Å². The Morgan fingerprint density at radius 1 is 1.53 bits per heavy atom. The lowest BCUT2D eigenvalue weighted by atomic mass is 10.2. The molecule has 0 aliphatic heterocycles. The van der Waals surface area contributed by atoms with E-state index in [0.29, 0.717) is 12.6 Å². The summed E-state index contributed by atoms with van der Waals surface area (Å²) >= 11 is 0. The van der Waals surface area contributed by atoms with Gasteiger partial charge in [-0.1, -0.05) is 13.3 Å². The SMILES string of the molecule is CCCC(O)CNC(=O)c1cc(C)n(C2CC2)c1C. The number of aromatic nitrogens is 1. The molecule has 1 aromatic heterocycles. The second-order valence-corrected chi connectivity index (χ2v) is 5.54. The molecule has 1 aliphatic carbocycles. The summed E-state index contributed by atoms with van der Waals surface area (Å²) in [6.07, 6.45) is 3.63. The summed E-state index contributed by atoms with van der Waals surface area (Å²) in [5.74, 6) is -0.0739. The number of hydrogen-bond donors (Lipinski definition) is 2. The first-order chi connectivity index (χ1) is 9.04. The Hall–Kier alpha value is -1.29. The first-order valence-electron chi connectivity index (χ1n) is 7.19. The monoisotopic (exact) mass is 264 g/mol. The van der Waals surface area contributed by atoms with Crippen LogP contribution in [0.5, 0.6) is 0 Å². The molecule has 1 amide bonds. The molecule has 0 radical (unpaired) electrons. The van der Waals surface area contributed by atoms with Crippen LogP contribution in [0.4, 0.5) is 0 Å². The van der Waals surface area contributed by atoms with Crippen molar-refractivity contribution in [2.75, 3.05) is 6.54 Å². The van der Waals surface area contributed by atoms with Gasteiger partial charge in [0.15, 0.2) is 0 Å². The average Bonchev–Trinajstić information content (AvgIpc) is 3.14. The largest absolute Gasteiger partial charge is 0.391 e. The van der Waals surface area contributed by atoms with Gasteiger partial charge in [0.25, 0.3) is 5.91 Å². The number of nitrogens with zero attached hydrogens (tertiary/aromatic N) is 1. The number of amides is 1.